The summed E-state index contributed by atoms with van der Waals surface area (Å²) < 4.78 is 0. The minimum Gasteiger partial charge on any atom is -0.369 e. The van der Waals surface area contributed by atoms with Gasteiger partial charge < -0.3 is 5.11 Å². The second-order valence-electron chi connectivity index (χ2n) is 6.45. The number of halogens is 1. The van der Waals surface area contributed by atoms with E-state index in [0.29, 0.717) is 16.6 Å². The third-order valence-electron chi connectivity index (χ3n) is 4.18. The molecular weight excluding hydrogens is 248 g/mol. The summed E-state index contributed by atoms with van der Waals surface area (Å²) in [6.07, 6.45) is 7.31. The van der Waals surface area contributed by atoms with Gasteiger partial charge in [0, 0.05) is 0 Å². The highest BCUT2D eigenvalue weighted by molar-refractivity contribution is 6.68. The maximum atomic E-state index is 9.94. The van der Waals surface area contributed by atoms with Crippen LogP contribution in [0.5, 0.6) is 0 Å². The van der Waals surface area contributed by atoms with Crippen molar-refractivity contribution in [2.75, 3.05) is 0 Å². The van der Waals surface area contributed by atoms with E-state index in [2.05, 4.69) is 25.9 Å². The predicted octanol–water partition coefficient (Wildman–Crippen LogP) is 3.33. The Bertz CT molecular complexity index is 351. The fraction of sp³-hybridized carbons (Fsp3) is 0.786. The Kier molecular flexibility index (Phi) is 4.02. The van der Waals surface area contributed by atoms with E-state index < -0.39 is 6.23 Å². The summed E-state index contributed by atoms with van der Waals surface area (Å²) >= 11 is 5.91. The zero-order valence-corrected chi connectivity index (χ0v) is 12.2. The molecule has 1 aliphatic heterocycles. The normalized spacial score (nSPS) is 33.5. The van der Waals surface area contributed by atoms with Crippen molar-refractivity contribution in [2.45, 2.75) is 58.7 Å². The molecule has 0 aromatic rings. The molecule has 1 fully saturated rings. The average molecular weight is 271 g/mol. The highest BCUT2D eigenvalue weighted by atomic mass is 35.5. The van der Waals surface area contributed by atoms with Crippen molar-refractivity contribution in [1.29, 1.82) is 0 Å². The first kappa shape index (κ1) is 13.9. The molecule has 0 spiro atoms. The first-order valence-corrected chi connectivity index (χ1v) is 7.14. The summed E-state index contributed by atoms with van der Waals surface area (Å²) in [6.45, 7) is 6.93. The molecule has 0 saturated heterocycles. The van der Waals surface area contributed by atoms with Gasteiger partial charge in [-0.05, 0) is 49.2 Å². The van der Waals surface area contributed by atoms with Crippen LogP contribution in [0.1, 0.15) is 46.5 Å². The Hall–Kier alpha value is -0.540. The quantitative estimate of drug-likeness (QED) is 0.793. The lowest BCUT2D eigenvalue weighted by molar-refractivity contribution is -0.0135. The van der Waals surface area contributed by atoms with Crippen LogP contribution in [0.25, 0.3) is 0 Å². The molecule has 1 aliphatic carbocycles. The van der Waals surface area contributed by atoms with Gasteiger partial charge in [0.25, 0.3) is 0 Å². The van der Waals surface area contributed by atoms with E-state index >= 15 is 0 Å². The summed E-state index contributed by atoms with van der Waals surface area (Å²) in [4.78, 5) is 0. The monoisotopic (exact) mass is 270 g/mol. The minimum atomic E-state index is -0.622. The second kappa shape index (κ2) is 5.22. The molecule has 1 heterocycles. The number of rotatable bonds is 1. The topological polar surface area (TPSA) is 35.8 Å². The van der Waals surface area contributed by atoms with Crippen LogP contribution in [0.4, 0.5) is 0 Å². The number of hydrazone groups is 1. The van der Waals surface area contributed by atoms with E-state index in [4.69, 9.17) is 11.6 Å². The van der Waals surface area contributed by atoms with E-state index in [1.54, 1.807) is 17.2 Å². The molecule has 4 heteroatoms. The molecule has 0 radical (unpaired) electrons. The maximum absolute atomic E-state index is 9.94. The van der Waals surface area contributed by atoms with Gasteiger partial charge in [-0.1, -0.05) is 32.4 Å². The van der Waals surface area contributed by atoms with Crippen molar-refractivity contribution in [3.05, 3.63) is 12.2 Å². The Morgan fingerprint density at radius 1 is 1.28 bits per heavy atom. The largest absolute Gasteiger partial charge is 0.369 e. The van der Waals surface area contributed by atoms with Gasteiger partial charge in [-0.3, -0.25) is 5.01 Å². The number of nitrogens with zero attached hydrogens (tertiary/aromatic N) is 2. The lowest BCUT2D eigenvalue weighted by Gasteiger charge is -2.41. The van der Waals surface area contributed by atoms with Crippen LogP contribution in [0.15, 0.2) is 17.3 Å². The van der Waals surface area contributed by atoms with Gasteiger partial charge in [0.05, 0.1) is 6.04 Å². The van der Waals surface area contributed by atoms with Gasteiger partial charge in [-0.15, -0.1) is 0 Å². The van der Waals surface area contributed by atoms with E-state index in [-0.39, 0.29) is 0 Å². The maximum Gasteiger partial charge on any atom is 0.162 e. The Morgan fingerprint density at radius 2 is 1.89 bits per heavy atom. The van der Waals surface area contributed by atoms with Crippen molar-refractivity contribution in [3.63, 3.8) is 0 Å². The van der Waals surface area contributed by atoms with E-state index in [1.165, 1.54) is 12.8 Å². The summed E-state index contributed by atoms with van der Waals surface area (Å²) in [5.74, 6) is 0.769. The standard InChI is InChI=1S/C14H23ClN2O/c1-14(2,3)10-4-6-11(7-5-10)17-13(18)9-8-12(15)16-17/h8-11,13,18H,4-7H2,1-3H3/t10-,11-,13?. The van der Waals surface area contributed by atoms with Crippen LogP contribution in [0.2, 0.25) is 0 Å². The average Bonchev–Trinajstić information content (AvgIpc) is 2.31. The van der Waals surface area contributed by atoms with Gasteiger partial charge in [-0.2, -0.15) is 5.10 Å². The van der Waals surface area contributed by atoms with Crippen molar-refractivity contribution >= 4 is 16.8 Å². The molecule has 18 heavy (non-hydrogen) atoms. The molecule has 0 aromatic heterocycles. The molecule has 0 bridgehead atoms. The van der Waals surface area contributed by atoms with Crippen LogP contribution < -0.4 is 0 Å². The molecule has 1 atom stereocenters. The molecule has 1 saturated carbocycles. The van der Waals surface area contributed by atoms with Gasteiger partial charge in [0.1, 0.15) is 5.17 Å². The van der Waals surface area contributed by atoms with E-state index in [9.17, 15) is 5.11 Å². The molecule has 2 aliphatic rings. The highest BCUT2D eigenvalue weighted by Gasteiger charge is 2.33. The minimum absolute atomic E-state index is 0.317. The number of aliphatic hydroxyl groups is 1. The second-order valence-corrected chi connectivity index (χ2v) is 6.83. The smallest absolute Gasteiger partial charge is 0.162 e. The Balaban J connectivity index is 1.96. The summed E-state index contributed by atoms with van der Waals surface area (Å²) in [7, 11) is 0. The fourth-order valence-corrected chi connectivity index (χ4v) is 3.12. The zero-order chi connectivity index (χ0) is 13.3. The number of aliphatic hydroxyl groups excluding tert-OH is 1. The first-order valence-electron chi connectivity index (χ1n) is 6.76. The number of hydrogen-bond acceptors (Lipinski definition) is 3. The van der Waals surface area contributed by atoms with Crippen molar-refractivity contribution in [1.82, 2.24) is 5.01 Å². The molecule has 0 aromatic carbocycles. The van der Waals surface area contributed by atoms with Crippen LogP contribution in [0.3, 0.4) is 0 Å². The SMILES string of the molecule is CC(C)(C)[C@H]1CC[C@H](N2N=C(Cl)C=CC2O)CC1. The third-order valence-corrected chi connectivity index (χ3v) is 4.39. The van der Waals surface area contributed by atoms with Crippen molar-refractivity contribution in [3.8, 4) is 0 Å². The van der Waals surface area contributed by atoms with E-state index in [1.807, 2.05) is 0 Å². The summed E-state index contributed by atoms with van der Waals surface area (Å²) in [5.41, 5.74) is 0.381. The van der Waals surface area contributed by atoms with Crippen molar-refractivity contribution < 1.29 is 5.11 Å². The summed E-state index contributed by atoms with van der Waals surface area (Å²) in [6, 6.07) is 0.317. The number of hydrogen-bond donors (Lipinski definition) is 1. The zero-order valence-electron chi connectivity index (χ0n) is 11.4. The molecule has 102 valence electrons. The molecule has 0 amide bonds. The summed E-state index contributed by atoms with van der Waals surface area (Å²) in [5, 5.41) is 16.4. The fourth-order valence-electron chi connectivity index (χ4n) is 2.96. The Morgan fingerprint density at radius 3 is 2.44 bits per heavy atom. The van der Waals surface area contributed by atoms with Gasteiger partial charge >= 0.3 is 0 Å². The lowest BCUT2D eigenvalue weighted by Crippen LogP contribution is -2.43. The lowest BCUT2D eigenvalue weighted by atomic mass is 9.71. The van der Waals surface area contributed by atoms with Crippen LogP contribution >= 0.6 is 11.6 Å². The molecule has 1 N–H and O–H groups in total. The molecule has 3 nitrogen and oxygen atoms in total. The van der Waals surface area contributed by atoms with E-state index in [0.717, 1.165) is 18.8 Å². The molecular formula is C14H23ClN2O. The van der Waals surface area contributed by atoms with Gasteiger partial charge in [-0.25, -0.2) is 0 Å². The highest BCUT2D eigenvalue weighted by Crippen LogP contribution is 2.39. The molecule has 1 unspecified atom stereocenters. The predicted molar refractivity (Wildman–Crippen MR) is 75.5 cm³/mol. The molecule has 2 rings (SSSR count). The van der Waals surface area contributed by atoms with Gasteiger partial charge in [0.15, 0.2) is 6.23 Å². The number of allylic oxidation sites excluding steroid dienone is 1. The van der Waals surface area contributed by atoms with Gasteiger partial charge in [0.2, 0.25) is 0 Å². The van der Waals surface area contributed by atoms with Crippen molar-refractivity contribution in [2.24, 2.45) is 16.4 Å². The first-order chi connectivity index (χ1) is 8.38. The third kappa shape index (κ3) is 3.07. The van der Waals surface area contributed by atoms with Crippen LogP contribution in [-0.2, 0) is 0 Å². The Labute approximate surface area is 115 Å². The van der Waals surface area contributed by atoms with Crippen LogP contribution in [0, 0.1) is 11.3 Å². The van der Waals surface area contributed by atoms with Crippen LogP contribution in [-0.4, -0.2) is 27.6 Å².